The molecule has 0 saturated carbocycles. The van der Waals surface area contributed by atoms with E-state index in [1.54, 1.807) is 17.3 Å². The number of rotatable bonds is 5. The predicted octanol–water partition coefficient (Wildman–Crippen LogP) is 1.63. The minimum absolute atomic E-state index is 0.0565. The molecule has 0 bridgehead atoms. The molecule has 1 rings (SSSR count). The molecule has 1 aromatic rings. The fourth-order valence-corrected chi connectivity index (χ4v) is 1.89. The molecule has 0 fully saturated rings. The van der Waals surface area contributed by atoms with Crippen LogP contribution in [0.2, 0.25) is 0 Å². The molecule has 0 radical (unpaired) electrons. The molecule has 0 aliphatic carbocycles. The molecule has 4 nitrogen and oxygen atoms in total. The van der Waals surface area contributed by atoms with Gasteiger partial charge in [0.05, 0.1) is 5.92 Å². The molecule has 0 aliphatic heterocycles. The van der Waals surface area contributed by atoms with Crippen molar-refractivity contribution < 1.29 is 4.79 Å². The van der Waals surface area contributed by atoms with E-state index in [1.807, 2.05) is 26.1 Å². The van der Waals surface area contributed by atoms with Crippen LogP contribution in [0.4, 0.5) is 0 Å². The zero-order valence-electron chi connectivity index (χ0n) is 11.7. The van der Waals surface area contributed by atoms with Crippen molar-refractivity contribution in [2.24, 2.45) is 11.1 Å². The monoisotopic (exact) mass is 249 g/mol. The summed E-state index contributed by atoms with van der Waals surface area (Å²) in [7, 11) is 1.83. The van der Waals surface area contributed by atoms with Gasteiger partial charge in [0.15, 0.2) is 0 Å². The van der Waals surface area contributed by atoms with Crippen LogP contribution in [-0.4, -0.2) is 35.9 Å². The third-order valence-corrected chi connectivity index (χ3v) is 3.15. The lowest BCUT2D eigenvalue weighted by Gasteiger charge is -2.30. The SMILES string of the molecule is CC(C(=O)N(C)CC(C)(C)CN)c1cccnc1. The van der Waals surface area contributed by atoms with Crippen LogP contribution in [0.5, 0.6) is 0 Å². The van der Waals surface area contributed by atoms with Crippen molar-refractivity contribution in [2.45, 2.75) is 26.7 Å². The highest BCUT2D eigenvalue weighted by Gasteiger charge is 2.24. The molecule has 100 valence electrons. The Labute approximate surface area is 109 Å². The zero-order valence-corrected chi connectivity index (χ0v) is 11.7. The topological polar surface area (TPSA) is 59.2 Å². The number of carbonyl (C=O) groups is 1. The lowest BCUT2D eigenvalue weighted by Crippen LogP contribution is -2.41. The second-order valence-electron chi connectivity index (χ2n) is 5.57. The summed E-state index contributed by atoms with van der Waals surface area (Å²) in [6.07, 6.45) is 3.45. The number of carbonyl (C=O) groups excluding carboxylic acids is 1. The Hall–Kier alpha value is -1.42. The van der Waals surface area contributed by atoms with Crippen molar-refractivity contribution >= 4 is 5.91 Å². The second-order valence-corrected chi connectivity index (χ2v) is 5.57. The molecule has 0 aliphatic rings. The van der Waals surface area contributed by atoms with E-state index >= 15 is 0 Å². The number of aromatic nitrogens is 1. The lowest BCUT2D eigenvalue weighted by atomic mass is 9.92. The number of hydrogen-bond acceptors (Lipinski definition) is 3. The molecule has 0 aromatic carbocycles. The Morgan fingerprint density at radius 3 is 2.72 bits per heavy atom. The third-order valence-electron chi connectivity index (χ3n) is 3.15. The molecule has 4 heteroatoms. The van der Waals surface area contributed by atoms with Crippen molar-refractivity contribution in [1.82, 2.24) is 9.88 Å². The van der Waals surface area contributed by atoms with E-state index in [4.69, 9.17) is 5.73 Å². The summed E-state index contributed by atoms with van der Waals surface area (Å²) in [5.74, 6) is -0.0678. The van der Waals surface area contributed by atoms with Crippen LogP contribution in [0.3, 0.4) is 0 Å². The standard InChI is InChI=1S/C14H23N3O/c1-11(12-6-5-7-16-8-12)13(18)17(4)10-14(2,3)9-15/h5-8,11H,9-10,15H2,1-4H3. The van der Waals surface area contributed by atoms with E-state index < -0.39 is 0 Å². The summed E-state index contributed by atoms with van der Waals surface area (Å²) in [6, 6.07) is 3.78. The van der Waals surface area contributed by atoms with Gasteiger partial charge >= 0.3 is 0 Å². The maximum atomic E-state index is 12.3. The van der Waals surface area contributed by atoms with Crippen molar-refractivity contribution in [1.29, 1.82) is 0 Å². The molecule has 1 amide bonds. The number of likely N-dealkylation sites (N-methyl/N-ethyl adjacent to an activating group) is 1. The van der Waals surface area contributed by atoms with E-state index in [-0.39, 0.29) is 17.2 Å². The molecule has 18 heavy (non-hydrogen) atoms. The van der Waals surface area contributed by atoms with Crippen LogP contribution in [-0.2, 0) is 4.79 Å². The van der Waals surface area contributed by atoms with Crippen LogP contribution >= 0.6 is 0 Å². The first-order chi connectivity index (χ1) is 8.37. The first-order valence-electron chi connectivity index (χ1n) is 6.22. The minimum Gasteiger partial charge on any atom is -0.345 e. The van der Waals surface area contributed by atoms with Gasteiger partial charge in [-0.2, -0.15) is 0 Å². The van der Waals surface area contributed by atoms with Gasteiger partial charge in [-0.25, -0.2) is 0 Å². The van der Waals surface area contributed by atoms with E-state index in [1.165, 1.54) is 0 Å². The average Bonchev–Trinajstić information content (AvgIpc) is 2.37. The van der Waals surface area contributed by atoms with Crippen LogP contribution < -0.4 is 5.73 Å². The summed E-state index contributed by atoms with van der Waals surface area (Å²) in [5.41, 5.74) is 6.58. The molecule has 1 aromatic heterocycles. The van der Waals surface area contributed by atoms with Crippen LogP contribution in [0, 0.1) is 5.41 Å². The predicted molar refractivity (Wildman–Crippen MR) is 73.1 cm³/mol. The number of nitrogens with two attached hydrogens (primary N) is 1. The summed E-state index contributed by atoms with van der Waals surface area (Å²) in [4.78, 5) is 18.1. The quantitative estimate of drug-likeness (QED) is 0.862. The number of nitrogens with zero attached hydrogens (tertiary/aromatic N) is 2. The fourth-order valence-electron chi connectivity index (χ4n) is 1.89. The molecule has 1 unspecified atom stereocenters. The maximum absolute atomic E-state index is 12.3. The van der Waals surface area contributed by atoms with Gasteiger partial charge in [-0.15, -0.1) is 0 Å². The van der Waals surface area contributed by atoms with Crippen LogP contribution in [0.15, 0.2) is 24.5 Å². The molecular weight excluding hydrogens is 226 g/mol. The van der Waals surface area contributed by atoms with Gasteiger partial charge in [0, 0.05) is 26.0 Å². The van der Waals surface area contributed by atoms with Gasteiger partial charge in [-0.3, -0.25) is 9.78 Å². The number of amides is 1. The Balaban J connectivity index is 2.70. The first kappa shape index (κ1) is 14.6. The highest BCUT2D eigenvalue weighted by molar-refractivity contribution is 5.83. The summed E-state index contributed by atoms with van der Waals surface area (Å²) >= 11 is 0. The van der Waals surface area contributed by atoms with Crippen LogP contribution in [0.25, 0.3) is 0 Å². The molecule has 1 heterocycles. The van der Waals surface area contributed by atoms with Gasteiger partial charge in [-0.05, 0) is 30.5 Å². The lowest BCUT2D eigenvalue weighted by molar-refractivity contribution is -0.132. The van der Waals surface area contributed by atoms with E-state index in [9.17, 15) is 4.79 Å². The highest BCUT2D eigenvalue weighted by Crippen LogP contribution is 2.19. The fraction of sp³-hybridized carbons (Fsp3) is 0.571. The molecule has 0 saturated heterocycles. The Morgan fingerprint density at radius 1 is 1.56 bits per heavy atom. The van der Waals surface area contributed by atoms with Gasteiger partial charge in [-0.1, -0.05) is 19.9 Å². The molecule has 1 atom stereocenters. The van der Waals surface area contributed by atoms with E-state index in [0.29, 0.717) is 13.1 Å². The summed E-state index contributed by atoms with van der Waals surface area (Å²) < 4.78 is 0. The summed E-state index contributed by atoms with van der Waals surface area (Å²) in [6.45, 7) is 7.25. The van der Waals surface area contributed by atoms with E-state index in [2.05, 4.69) is 18.8 Å². The number of pyridine rings is 1. The Bertz CT molecular complexity index is 389. The van der Waals surface area contributed by atoms with Gasteiger partial charge in [0.25, 0.3) is 0 Å². The Kier molecular flexibility index (Phi) is 4.84. The molecule has 0 spiro atoms. The summed E-state index contributed by atoms with van der Waals surface area (Å²) in [5, 5.41) is 0. The van der Waals surface area contributed by atoms with Gasteiger partial charge in [0.2, 0.25) is 5.91 Å². The highest BCUT2D eigenvalue weighted by atomic mass is 16.2. The third kappa shape index (κ3) is 3.81. The zero-order chi connectivity index (χ0) is 13.8. The van der Waals surface area contributed by atoms with Gasteiger partial charge in [0.1, 0.15) is 0 Å². The van der Waals surface area contributed by atoms with Crippen molar-refractivity contribution in [2.75, 3.05) is 20.1 Å². The van der Waals surface area contributed by atoms with Crippen LogP contribution in [0.1, 0.15) is 32.3 Å². The van der Waals surface area contributed by atoms with E-state index in [0.717, 1.165) is 5.56 Å². The normalized spacial score (nSPS) is 13.2. The minimum atomic E-state index is -0.169. The molecular formula is C14H23N3O. The largest absolute Gasteiger partial charge is 0.345 e. The van der Waals surface area contributed by atoms with Crippen molar-refractivity contribution in [3.05, 3.63) is 30.1 Å². The van der Waals surface area contributed by atoms with Crippen molar-refractivity contribution in [3.8, 4) is 0 Å². The Morgan fingerprint density at radius 2 is 2.22 bits per heavy atom. The smallest absolute Gasteiger partial charge is 0.229 e. The van der Waals surface area contributed by atoms with Gasteiger partial charge < -0.3 is 10.6 Å². The maximum Gasteiger partial charge on any atom is 0.229 e. The second kappa shape index (κ2) is 5.96. The average molecular weight is 249 g/mol. The number of hydrogen-bond donors (Lipinski definition) is 1. The molecule has 2 N–H and O–H groups in total. The first-order valence-corrected chi connectivity index (χ1v) is 6.22. The van der Waals surface area contributed by atoms with Crippen molar-refractivity contribution in [3.63, 3.8) is 0 Å².